The van der Waals surface area contributed by atoms with Gasteiger partial charge in [0.05, 0.1) is 0 Å². The van der Waals surface area contributed by atoms with Crippen molar-refractivity contribution in [3.05, 3.63) is 0 Å². The number of rotatable bonds is 5. The fourth-order valence-electron chi connectivity index (χ4n) is 0.953. The third-order valence-electron chi connectivity index (χ3n) is 1.68. The molecule has 0 aromatic rings. The smallest absolute Gasteiger partial charge is 0.205 e. The van der Waals surface area contributed by atoms with Crippen LogP contribution in [0.4, 0.5) is 0 Å². The third-order valence-corrected chi connectivity index (χ3v) is 1.68. The topological polar surface area (TPSA) is 62.4 Å². The maximum atomic E-state index is 5.18. The van der Waals surface area contributed by atoms with E-state index in [9.17, 15) is 0 Å². The van der Waals surface area contributed by atoms with Crippen molar-refractivity contribution in [2.45, 2.75) is 32.6 Å². The normalized spacial score (nSPS) is 11.4. The van der Waals surface area contributed by atoms with Gasteiger partial charge < -0.3 is 5.32 Å². The van der Waals surface area contributed by atoms with Crippen LogP contribution in [0.15, 0.2) is 4.99 Å². The van der Waals surface area contributed by atoms with Gasteiger partial charge in [-0.05, 0) is 6.42 Å². The Morgan fingerprint density at radius 3 is 2.58 bits per heavy atom. The summed E-state index contributed by atoms with van der Waals surface area (Å²) >= 11 is 0. The molecule has 0 aromatic heterocycles. The second-order valence-corrected chi connectivity index (χ2v) is 2.70. The second-order valence-electron chi connectivity index (χ2n) is 2.70. The summed E-state index contributed by atoms with van der Waals surface area (Å²) in [7, 11) is 1.70. The Kier molecular flexibility index (Phi) is 7.79. The first kappa shape index (κ1) is 11.2. The molecule has 0 rings (SSSR count). The minimum absolute atomic E-state index is 0.659. The lowest BCUT2D eigenvalue weighted by Crippen LogP contribution is -2.41. The van der Waals surface area contributed by atoms with Crippen LogP contribution in [0, 0.1) is 0 Å². The van der Waals surface area contributed by atoms with Crippen LogP contribution in [0.25, 0.3) is 0 Å². The summed E-state index contributed by atoms with van der Waals surface area (Å²) < 4.78 is 0. The van der Waals surface area contributed by atoms with E-state index in [2.05, 4.69) is 22.7 Å². The number of unbranched alkanes of at least 4 members (excludes halogenated alkanes) is 3. The highest BCUT2D eigenvalue weighted by Gasteiger charge is 1.91. The molecule has 0 heterocycles. The Bertz CT molecular complexity index is 122. The molecular formula is C8H20N4. The zero-order valence-electron chi connectivity index (χ0n) is 8.06. The highest BCUT2D eigenvalue weighted by molar-refractivity contribution is 5.78. The summed E-state index contributed by atoms with van der Waals surface area (Å²) in [5, 5.41) is 3.09. The third kappa shape index (κ3) is 5.97. The molecule has 0 aliphatic rings. The Morgan fingerprint density at radius 2 is 2.08 bits per heavy atom. The molecule has 4 N–H and O–H groups in total. The number of nitrogens with two attached hydrogens (primary N) is 1. The zero-order chi connectivity index (χ0) is 9.23. The molecule has 0 radical (unpaired) electrons. The Balaban J connectivity index is 3.18. The molecule has 0 saturated heterocycles. The van der Waals surface area contributed by atoms with Crippen molar-refractivity contribution in [3.8, 4) is 0 Å². The summed E-state index contributed by atoms with van der Waals surface area (Å²) in [5.41, 5.74) is 2.48. The molecule has 0 saturated carbocycles. The molecule has 0 atom stereocenters. The molecule has 0 aliphatic carbocycles. The van der Waals surface area contributed by atoms with Gasteiger partial charge in [0.1, 0.15) is 0 Å². The number of hydrazine groups is 1. The number of nitrogens with zero attached hydrogens (tertiary/aromatic N) is 1. The van der Waals surface area contributed by atoms with Gasteiger partial charge in [0, 0.05) is 13.6 Å². The summed E-state index contributed by atoms with van der Waals surface area (Å²) in [6, 6.07) is 0. The van der Waals surface area contributed by atoms with E-state index >= 15 is 0 Å². The molecule has 4 nitrogen and oxygen atoms in total. The van der Waals surface area contributed by atoms with Crippen LogP contribution in [0.2, 0.25) is 0 Å². The van der Waals surface area contributed by atoms with Gasteiger partial charge in [0.25, 0.3) is 0 Å². The highest BCUT2D eigenvalue weighted by atomic mass is 15.3. The highest BCUT2D eigenvalue weighted by Crippen LogP contribution is 1.96. The van der Waals surface area contributed by atoms with Crippen molar-refractivity contribution >= 4 is 5.96 Å². The maximum absolute atomic E-state index is 5.18. The van der Waals surface area contributed by atoms with E-state index in [0.717, 1.165) is 6.54 Å². The van der Waals surface area contributed by atoms with Crippen molar-refractivity contribution in [1.29, 1.82) is 0 Å². The fourth-order valence-corrected chi connectivity index (χ4v) is 0.953. The second kappa shape index (κ2) is 8.33. The van der Waals surface area contributed by atoms with Crippen LogP contribution >= 0.6 is 0 Å². The fraction of sp³-hybridized carbons (Fsp3) is 0.875. The van der Waals surface area contributed by atoms with Gasteiger partial charge >= 0.3 is 0 Å². The first-order chi connectivity index (χ1) is 5.85. The standard InChI is InChI=1S/C8H20N4/c1-3-4-5-6-7-11-8(10-2)12-9/h3-7,9H2,1-2H3,(H2,10,11,12). The first-order valence-corrected chi connectivity index (χ1v) is 4.52. The molecule has 4 heteroatoms. The number of aliphatic imine (C=N–C) groups is 1. The minimum atomic E-state index is 0.659. The molecule has 0 fully saturated rings. The summed E-state index contributed by atoms with van der Waals surface area (Å²) in [4.78, 5) is 3.89. The van der Waals surface area contributed by atoms with Gasteiger partial charge in [0.15, 0.2) is 0 Å². The van der Waals surface area contributed by atoms with Crippen LogP contribution in [0.3, 0.4) is 0 Å². The summed E-state index contributed by atoms with van der Waals surface area (Å²) in [6.07, 6.45) is 5.01. The van der Waals surface area contributed by atoms with Crippen molar-refractivity contribution in [1.82, 2.24) is 10.7 Å². The van der Waals surface area contributed by atoms with E-state index in [1.807, 2.05) is 0 Å². The van der Waals surface area contributed by atoms with Gasteiger partial charge in [0.2, 0.25) is 5.96 Å². The van der Waals surface area contributed by atoms with Crippen molar-refractivity contribution in [2.24, 2.45) is 10.8 Å². The van der Waals surface area contributed by atoms with Crippen molar-refractivity contribution in [3.63, 3.8) is 0 Å². The van der Waals surface area contributed by atoms with Crippen molar-refractivity contribution < 1.29 is 0 Å². The molecular weight excluding hydrogens is 152 g/mol. The lowest BCUT2D eigenvalue weighted by Gasteiger charge is -2.06. The largest absolute Gasteiger partial charge is 0.355 e. The average Bonchev–Trinajstić information content (AvgIpc) is 2.11. The molecule has 0 aromatic carbocycles. The average molecular weight is 172 g/mol. The zero-order valence-corrected chi connectivity index (χ0v) is 8.06. The quantitative estimate of drug-likeness (QED) is 0.187. The Morgan fingerprint density at radius 1 is 1.33 bits per heavy atom. The summed E-state index contributed by atoms with van der Waals surface area (Å²) in [5.74, 6) is 5.84. The number of guanidine groups is 1. The van der Waals surface area contributed by atoms with Gasteiger partial charge in [-0.2, -0.15) is 0 Å². The number of hydrogen-bond acceptors (Lipinski definition) is 2. The van der Waals surface area contributed by atoms with Crippen LogP contribution in [0.1, 0.15) is 32.6 Å². The van der Waals surface area contributed by atoms with E-state index in [4.69, 9.17) is 5.84 Å². The van der Waals surface area contributed by atoms with E-state index in [1.54, 1.807) is 7.05 Å². The van der Waals surface area contributed by atoms with Crippen LogP contribution in [-0.2, 0) is 0 Å². The molecule has 0 unspecified atom stereocenters. The monoisotopic (exact) mass is 172 g/mol. The maximum Gasteiger partial charge on any atom is 0.205 e. The van der Waals surface area contributed by atoms with Crippen LogP contribution < -0.4 is 16.6 Å². The van der Waals surface area contributed by atoms with Gasteiger partial charge in [-0.15, -0.1) is 0 Å². The van der Waals surface area contributed by atoms with E-state index in [-0.39, 0.29) is 0 Å². The first-order valence-electron chi connectivity index (χ1n) is 4.52. The summed E-state index contributed by atoms with van der Waals surface area (Å²) in [6.45, 7) is 3.14. The Hall–Kier alpha value is -0.770. The molecule has 0 aliphatic heterocycles. The molecule has 72 valence electrons. The van der Waals surface area contributed by atoms with Gasteiger partial charge in [-0.3, -0.25) is 10.4 Å². The van der Waals surface area contributed by atoms with E-state index in [0.29, 0.717) is 5.96 Å². The lowest BCUT2D eigenvalue weighted by atomic mass is 10.2. The van der Waals surface area contributed by atoms with Crippen LogP contribution in [0.5, 0.6) is 0 Å². The molecule has 0 spiro atoms. The van der Waals surface area contributed by atoms with Crippen LogP contribution in [-0.4, -0.2) is 19.6 Å². The van der Waals surface area contributed by atoms with E-state index < -0.39 is 0 Å². The van der Waals surface area contributed by atoms with Gasteiger partial charge in [-0.25, -0.2) is 5.84 Å². The molecule has 0 amide bonds. The Labute approximate surface area is 74.6 Å². The van der Waals surface area contributed by atoms with Gasteiger partial charge in [-0.1, -0.05) is 26.2 Å². The predicted molar refractivity (Wildman–Crippen MR) is 52.8 cm³/mol. The molecule has 0 bridgehead atoms. The SMILES string of the molecule is CCCCCCNC(=NC)NN. The molecule has 12 heavy (non-hydrogen) atoms. The number of hydrogen-bond donors (Lipinski definition) is 3. The van der Waals surface area contributed by atoms with E-state index in [1.165, 1.54) is 25.7 Å². The number of nitrogens with one attached hydrogen (secondary N) is 2. The minimum Gasteiger partial charge on any atom is -0.355 e. The predicted octanol–water partition coefficient (Wildman–Crippen LogP) is 0.605. The lowest BCUT2D eigenvalue weighted by molar-refractivity contribution is 0.648. The van der Waals surface area contributed by atoms with Crippen molar-refractivity contribution in [2.75, 3.05) is 13.6 Å².